The molecule has 0 saturated heterocycles. The average molecular weight is 202 g/mol. The Kier molecular flexibility index (Phi) is 3.20. The van der Waals surface area contributed by atoms with Gasteiger partial charge in [-0.15, -0.1) is 0 Å². The molecule has 1 heterocycles. The van der Waals surface area contributed by atoms with E-state index in [9.17, 15) is 4.79 Å². The van der Waals surface area contributed by atoms with E-state index in [1.807, 2.05) is 0 Å². The number of hydrogen-bond donors (Lipinski definition) is 1. The zero-order valence-electron chi connectivity index (χ0n) is 7.81. The van der Waals surface area contributed by atoms with Crippen molar-refractivity contribution in [1.29, 1.82) is 5.26 Å². The smallest absolute Gasteiger partial charge is 0.360 e. The van der Waals surface area contributed by atoms with Gasteiger partial charge in [0.15, 0.2) is 17.6 Å². The van der Waals surface area contributed by atoms with Crippen LogP contribution in [0.25, 0.3) is 0 Å². The second kappa shape index (κ2) is 4.58. The van der Waals surface area contributed by atoms with Gasteiger partial charge in [0, 0.05) is 5.92 Å². The molecule has 6 heteroatoms. The summed E-state index contributed by atoms with van der Waals surface area (Å²) >= 11 is 0. The van der Waals surface area contributed by atoms with Gasteiger partial charge in [0.25, 0.3) is 0 Å². The number of rotatable bonds is 1. The normalized spacial score (nSPS) is 8.27. The van der Waals surface area contributed by atoms with Crippen LogP contribution in [0, 0.1) is 23.2 Å². The van der Waals surface area contributed by atoms with E-state index in [0.717, 1.165) is 0 Å². The number of anilines is 1. The van der Waals surface area contributed by atoms with E-state index < -0.39 is 5.97 Å². The first-order chi connectivity index (χ1) is 7.19. The molecule has 0 unspecified atom stereocenters. The maximum absolute atomic E-state index is 11.1. The standard InChI is InChI=1S/C9H6N4O2/c1-15-9(14)7-8(11)12-5-6(13-7)3-2-4-10/h5H,1H3,(H2,11,12). The van der Waals surface area contributed by atoms with Gasteiger partial charge in [-0.05, 0) is 5.92 Å². The minimum absolute atomic E-state index is 0.0376. The van der Waals surface area contributed by atoms with Crippen LogP contribution >= 0.6 is 0 Å². The number of aromatic nitrogens is 2. The average Bonchev–Trinajstić information content (AvgIpc) is 2.27. The summed E-state index contributed by atoms with van der Waals surface area (Å²) in [6, 6.07) is 1.62. The van der Waals surface area contributed by atoms with Crippen molar-refractivity contribution in [3.63, 3.8) is 0 Å². The zero-order chi connectivity index (χ0) is 11.3. The Morgan fingerprint density at radius 3 is 3.00 bits per heavy atom. The number of hydrogen-bond acceptors (Lipinski definition) is 6. The van der Waals surface area contributed by atoms with Gasteiger partial charge < -0.3 is 10.5 Å². The van der Waals surface area contributed by atoms with Crippen LogP contribution in [-0.2, 0) is 4.74 Å². The fourth-order valence-corrected chi connectivity index (χ4v) is 0.798. The molecule has 6 nitrogen and oxygen atoms in total. The molecule has 1 rings (SSSR count). The van der Waals surface area contributed by atoms with Crippen LogP contribution in [0.3, 0.4) is 0 Å². The number of nitriles is 1. The molecule has 0 bridgehead atoms. The van der Waals surface area contributed by atoms with Crippen LogP contribution in [0.4, 0.5) is 5.82 Å². The van der Waals surface area contributed by atoms with Gasteiger partial charge in [-0.3, -0.25) is 0 Å². The van der Waals surface area contributed by atoms with Crippen LogP contribution in [0.5, 0.6) is 0 Å². The highest BCUT2D eigenvalue weighted by atomic mass is 16.5. The first-order valence-electron chi connectivity index (χ1n) is 3.80. The van der Waals surface area contributed by atoms with E-state index in [1.165, 1.54) is 13.3 Å². The molecule has 0 amide bonds. The maximum atomic E-state index is 11.1. The predicted molar refractivity (Wildman–Crippen MR) is 50.3 cm³/mol. The van der Waals surface area contributed by atoms with Crippen molar-refractivity contribution in [1.82, 2.24) is 9.97 Å². The van der Waals surface area contributed by atoms with E-state index >= 15 is 0 Å². The second-order valence-corrected chi connectivity index (χ2v) is 2.34. The van der Waals surface area contributed by atoms with Gasteiger partial charge in [-0.1, -0.05) is 0 Å². The molecular weight excluding hydrogens is 196 g/mol. The molecule has 0 aliphatic rings. The van der Waals surface area contributed by atoms with Gasteiger partial charge in [0.2, 0.25) is 0 Å². The summed E-state index contributed by atoms with van der Waals surface area (Å²) < 4.78 is 4.44. The first-order valence-corrected chi connectivity index (χ1v) is 3.80. The number of nitrogen functional groups attached to an aromatic ring is 1. The first kappa shape index (κ1) is 10.5. The van der Waals surface area contributed by atoms with Crippen LogP contribution in [0.2, 0.25) is 0 Å². The topological polar surface area (TPSA) is 102 Å². The molecule has 0 spiro atoms. The largest absolute Gasteiger partial charge is 0.464 e. The molecule has 1 aromatic heterocycles. The lowest BCUT2D eigenvalue weighted by atomic mass is 10.3. The highest BCUT2D eigenvalue weighted by Crippen LogP contribution is 2.06. The molecule has 15 heavy (non-hydrogen) atoms. The van der Waals surface area contributed by atoms with Gasteiger partial charge in [-0.25, -0.2) is 14.8 Å². The molecular formula is C9H6N4O2. The van der Waals surface area contributed by atoms with Gasteiger partial charge >= 0.3 is 5.97 Å². The van der Waals surface area contributed by atoms with Crippen molar-refractivity contribution in [2.45, 2.75) is 0 Å². The monoisotopic (exact) mass is 202 g/mol. The molecule has 0 aromatic carbocycles. The van der Waals surface area contributed by atoms with Crippen LogP contribution in [0.15, 0.2) is 6.20 Å². The SMILES string of the molecule is COC(=O)c1nc(C#CC#N)cnc1N. The lowest BCUT2D eigenvalue weighted by molar-refractivity contribution is 0.0595. The summed E-state index contributed by atoms with van der Waals surface area (Å²) in [5, 5.41) is 8.22. The molecule has 0 atom stereocenters. The summed E-state index contributed by atoms with van der Waals surface area (Å²) in [4.78, 5) is 18.6. The summed E-state index contributed by atoms with van der Waals surface area (Å²) in [5.41, 5.74) is 5.48. The lowest BCUT2D eigenvalue weighted by Gasteiger charge is -2.01. The number of methoxy groups -OCH3 is 1. The Morgan fingerprint density at radius 2 is 2.40 bits per heavy atom. The fourth-order valence-electron chi connectivity index (χ4n) is 0.798. The number of esters is 1. The molecule has 74 valence electrons. The van der Waals surface area contributed by atoms with E-state index in [-0.39, 0.29) is 17.2 Å². The predicted octanol–water partition coefficient (Wildman–Crippen LogP) is -0.280. The Hall–Kier alpha value is -2.60. The molecule has 0 saturated carbocycles. The fraction of sp³-hybridized carbons (Fsp3) is 0.111. The third kappa shape index (κ3) is 2.42. The van der Waals surface area contributed by atoms with Gasteiger partial charge in [0.1, 0.15) is 5.69 Å². The van der Waals surface area contributed by atoms with Crippen molar-refractivity contribution in [3.8, 4) is 17.9 Å². The summed E-state index contributed by atoms with van der Waals surface area (Å²) in [5.74, 6) is 3.79. The number of carbonyl (C=O) groups is 1. The van der Waals surface area contributed by atoms with Gasteiger partial charge in [0.05, 0.1) is 13.3 Å². The Labute approximate surface area is 85.7 Å². The summed E-state index contributed by atoms with van der Waals surface area (Å²) in [6.07, 6.45) is 1.27. The molecule has 0 aliphatic carbocycles. The zero-order valence-corrected chi connectivity index (χ0v) is 7.81. The summed E-state index contributed by atoms with van der Waals surface area (Å²) in [6.45, 7) is 0. The van der Waals surface area contributed by atoms with E-state index in [4.69, 9.17) is 11.0 Å². The van der Waals surface area contributed by atoms with Crippen molar-refractivity contribution < 1.29 is 9.53 Å². The molecule has 1 aromatic rings. The van der Waals surface area contributed by atoms with Crippen LogP contribution in [0.1, 0.15) is 16.2 Å². The van der Waals surface area contributed by atoms with Gasteiger partial charge in [-0.2, -0.15) is 5.26 Å². The number of nitrogens with zero attached hydrogens (tertiary/aromatic N) is 3. The number of carbonyl (C=O) groups excluding carboxylic acids is 1. The number of nitrogens with two attached hydrogens (primary N) is 1. The summed E-state index contributed by atoms with van der Waals surface area (Å²) in [7, 11) is 1.21. The lowest BCUT2D eigenvalue weighted by Crippen LogP contribution is -2.10. The van der Waals surface area contributed by atoms with Crippen LogP contribution in [-0.4, -0.2) is 23.0 Å². The van der Waals surface area contributed by atoms with Crippen molar-refractivity contribution >= 4 is 11.8 Å². The van der Waals surface area contributed by atoms with Crippen LogP contribution < -0.4 is 5.73 Å². The molecule has 0 fully saturated rings. The second-order valence-electron chi connectivity index (χ2n) is 2.34. The third-order valence-corrected chi connectivity index (χ3v) is 1.43. The van der Waals surface area contributed by atoms with E-state index in [1.54, 1.807) is 6.07 Å². The quantitative estimate of drug-likeness (QED) is 0.496. The molecule has 2 N–H and O–H groups in total. The number of ether oxygens (including phenoxy) is 1. The van der Waals surface area contributed by atoms with E-state index in [0.29, 0.717) is 0 Å². The molecule has 0 radical (unpaired) electrons. The Balaban J connectivity index is 3.18. The molecule has 0 aliphatic heterocycles. The van der Waals surface area contributed by atoms with Crippen molar-refractivity contribution in [3.05, 3.63) is 17.6 Å². The Morgan fingerprint density at radius 1 is 1.67 bits per heavy atom. The highest BCUT2D eigenvalue weighted by molar-refractivity contribution is 5.91. The Bertz CT molecular complexity index is 493. The van der Waals surface area contributed by atoms with E-state index in [2.05, 4.69) is 26.5 Å². The minimum Gasteiger partial charge on any atom is -0.464 e. The van der Waals surface area contributed by atoms with Crippen molar-refractivity contribution in [2.75, 3.05) is 12.8 Å². The minimum atomic E-state index is -0.694. The third-order valence-electron chi connectivity index (χ3n) is 1.43. The maximum Gasteiger partial charge on any atom is 0.360 e. The van der Waals surface area contributed by atoms with Crippen molar-refractivity contribution in [2.24, 2.45) is 0 Å². The highest BCUT2D eigenvalue weighted by Gasteiger charge is 2.13.